The number of hydrogen-bond acceptors (Lipinski definition) is 3. The Labute approximate surface area is 90.5 Å². The third-order valence-electron chi connectivity index (χ3n) is 1.90. The Kier molecular flexibility index (Phi) is 5.00. The first kappa shape index (κ1) is 14.5. The van der Waals surface area contributed by atoms with Gasteiger partial charge in [-0.1, -0.05) is 13.0 Å². The summed E-state index contributed by atoms with van der Waals surface area (Å²) in [5.41, 5.74) is 0. The molecule has 7 heteroatoms. The summed E-state index contributed by atoms with van der Waals surface area (Å²) in [6, 6.07) is -1.39. The second-order valence-electron chi connectivity index (χ2n) is 3.07. The van der Waals surface area contributed by atoms with E-state index in [1.54, 1.807) is 5.32 Å². The molecular formula is C9H12F3NO3. The van der Waals surface area contributed by atoms with Crippen LogP contribution >= 0.6 is 0 Å². The zero-order valence-corrected chi connectivity index (χ0v) is 8.80. The Bertz CT molecular complexity index is 288. The molecule has 0 aliphatic rings. The van der Waals surface area contributed by atoms with Gasteiger partial charge in [0.1, 0.15) is 6.04 Å². The maximum absolute atomic E-state index is 12.0. The SMILES string of the molecule is C=CC(C)C(NC(=O)C(F)(F)F)C(=O)OC. The topological polar surface area (TPSA) is 55.4 Å². The number of alkyl halides is 3. The van der Waals surface area contributed by atoms with E-state index in [1.807, 2.05) is 0 Å². The highest BCUT2D eigenvalue weighted by molar-refractivity contribution is 5.87. The fourth-order valence-electron chi connectivity index (χ4n) is 0.891. The van der Waals surface area contributed by atoms with Gasteiger partial charge in [-0.25, -0.2) is 4.79 Å². The van der Waals surface area contributed by atoms with Crippen molar-refractivity contribution in [2.45, 2.75) is 19.1 Å². The van der Waals surface area contributed by atoms with Crippen molar-refractivity contribution >= 4 is 11.9 Å². The smallest absolute Gasteiger partial charge is 0.467 e. The maximum Gasteiger partial charge on any atom is 0.471 e. The average molecular weight is 239 g/mol. The first-order valence-corrected chi connectivity index (χ1v) is 4.32. The minimum Gasteiger partial charge on any atom is -0.467 e. The lowest BCUT2D eigenvalue weighted by Crippen LogP contribution is -2.49. The second-order valence-corrected chi connectivity index (χ2v) is 3.07. The molecule has 4 nitrogen and oxygen atoms in total. The number of halogens is 3. The molecule has 0 spiro atoms. The predicted molar refractivity (Wildman–Crippen MR) is 49.4 cm³/mol. The largest absolute Gasteiger partial charge is 0.471 e. The summed E-state index contributed by atoms with van der Waals surface area (Å²) in [7, 11) is 1.02. The molecule has 0 bridgehead atoms. The average Bonchev–Trinajstić information content (AvgIpc) is 2.21. The van der Waals surface area contributed by atoms with Gasteiger partial charge in [-0.05, 0) is 0 Å². The van der Waals surface area contributed by atoms with E-state index in [4.69, 9.17) is 0 Å². The molecule has 2 atom stereocenters. The standard InChI is InChI=1S/C9H12F3NO3/c1-4-5(2)6(7(14)16-3)13-8(15)9(10,11)12/h4-6H,1H2,2-3H3,(H,13,15). The van der Waals surface area contributed by atoms with Crippen LogP contribution in [0.3, 0.4) is 0 Å². The molecule has 0 aromatic carbocycles. The number of nitrogens with one attached hydrogen (secondary N) is 1. The summed E-state index contributed by atoms with van der Waals surface area (Å²) in [4.78, 5) is 21.8. The number of esters is 1. The van der Waals surface area contributed by atoms with Crippen LogP contribution in [-0.2, 0) is 14.3 Å². The zero-order valence-electron chi connectivity index (χ0n) is 8.80. The summed E-state index contributed by atoms with van der Waals surface area (Å²) >= 11 is 0. The molecule has 0 aliphatic carbocycles. The van der Waals surface area contributed by atoms with Crippen molar-refractivity contribution in [3.8, 4) is 0 Å². The fourth-order valence-corrected chi connectivity index (χ4v) is 0.891. The van der Waals surface area contributed by atoms with Crippen LogP contribution in [0.25, 0.3) is 0 Å². The van der Waals surface area contributed by atoms with E-state index < -0.39 is 30.0 Å². The van der Waals surface area contributed by atoms with E-state index >= 15 is 0 Å². The van der Waals surface area contributed by atoms with Crippen LogP contribution in [-0.4, -0.2) is 31.2 Å². The minimum atomic E-state index is -5.03. The molecule has 1 amide bonds. The van der Waals surface area contributed by atoms with Crippen LogP contribution in [0.1, 0.15) is 6.92 Å². The Balaban J connectivity index is 4.75. The lowest BCUT2D eigenvalue weighted by atomic mass is 10.0. The molecule has 2 unspecified atom stereocenters. The Morgan fingerprint density at radius 3 is 2.25 bits per heavy atom. The van der Waals surface area contributed by atoms with Crippen molar-refractivity contribution in [2.75, 3.05) is 7.11 Å². The molecule has 0 heterocycles. The quantitative estimate of drug-likeness (QED) is 0.588. The van der Waals surface area contributed by atoms with E-state index in [0.717, 1.165) is 7.11 Å². The van der Waals surface area contributed by atoms with Crippen molar-refractivity contribution < 1.29 is 27.5 Å². The van der Waals surface area contributed by atoms with E-state index in [9.17, 15) is 22.8 Å². The number of carbonyl (C=O) groups excluding carboxylic acids is 2. The second kappa shape index (κ2) is 5.53. The summed E-state index contributed by atoms with van der Waals surface area (Å²) in [5, 5.41) is 1.55. The molecule has 0 rings (SSSR count). The fraction of sp³-hybridized carbons (Fsp3) is 0.556. The van der Waals surface area contributed by atoms with E-state index in [0.29, 0.717) is 0 Å². The maximum atomic E-state index is 12.0. The van der Waals surface area contributed by atoms with Gasteiger partial charge in [-0.15, -0.1) is 6.58 Å². The third-order valence-corrected chi connectivity index (χ3v) is 1.90. The monoisotopic (exact) mass is 239 g/mol. The molecule has 0 saturated carbocycles. The van der Waals surface area contributed by atoms with Crippen LogP contribution in [0.5, 0.6) is 0 Å². The number of hydrogen-bond donors (Lipinski definition) is 1. The first-order chi connectivity index (χ1) is 7.23. The Hall–Kier alpha value is -1.53. The lowest BCUT2D eigenvalue weighted by Gasteiger charge is -2.20. The van der Waals surface area contributed by atoms with Gasteiger partial charge in [-0.2, -0.15) is 13.2 Å². The summed E-state index contributed by atoms with van der Waals surface area (Å²) in [6.07, 6.45) is -3.79. The van der Waals surface area contributed by atoms with Crippen molar-refractivity contribution in [3.63, 3.8) is 0 Å². The number of amides is 1. The molecule has 0 aromatic rings. The van der Waals surface area contributed by atoms with Gasteiger partial charge in [0.05, 0.1) is 7.11 Å². The summed E-state index contributed by atoms with van der Waals surface area (Å²) < 4.78 is 40.1. The van der Waals surface area contributed by atoms with Gasteiger partial charge in [0.2, 0.25) is 0 Å². The van der Waals surface area contributed by atoms with Crippen LogP contribution < -0.4 is 5.32 Å². The highest BCUT2D eigenvalue weighted by atomic mass is 19.4. The van der Waals surface area contributed by atoms with E-state index in [2.05, 4.69) is 11.3 Å². The highest BCUT2D eigenvalue weighted by Crippen LogP contribution is 2.16. The van der Waals surface area contributed by atoms with E-state index in [-0.39, 0.29) is 0 Å². The Morgan fingerprint density at radius 2 is 1.94 bits per heavy atom. The number of methoxy groups -OCH3 is 1. The molecule has 0 aliphatic heterocycles. The van der Waals surface area contributed by atoms with E-state index in [1.165, 1.54) is 13.0 Å². The van der Waals surface area contributed by atoms with Crippen molar-refractivity contribution in [1.82, 2.24) is 5.32 Å². The van der Waals surface area contributed by atoms with Gasteiger partial charge in [0.15, 0.2) is 0 Å². The van der Waals surface area contributed by atoms with Crippen molar-refractivity contribution in [1.29, 1.82) is 0 Å². The van der Waals surface area contributed by atoms with Gasteiger partial charge in [0, 0.05) is 5.92 Å². The van der Waals surface area contributed by atoms with Gasteiger partial charge in [-0.3, -0.25) is 4.79 Å². The highest BCUT2D eigenvalue weighted by Gasteiger charge is 2.41. The molecule has 0 saturated heterocycles. The van der Waals surface area contributed by atoms with Gasteiger partial charge >= 0.3 is 18.1 Å². The third kappa shape index (κ3) is 3.92. The molecule has 0 fully saturated rings. The van der Waals surface area contributed by atoms with Crippen molar-refractivity contribution in [3.05, 3.63) is 12.7 Å². The van der Waals surface area contributed by atoms with Gasteiger partial charge < -0.3 is 10.1 Å². The first-order valence-electron chi connectivity index (χ1n) is 4.32. The van der Waals surface area contributed by atoms with Crippen LogP contribution in [0.2, 0.25) is 0 Å². The van der Waals surface area contributed by atoms with Crippen LogP contribution in [0.4, 0.5) is 13.2 Å². The molecule has 1 N–H and O–H groups in total. The molecule has 0 aromatic heterocycles. The normalized spacial score (nSPS) is 14.8. The van der Waals surface area contributed by atoms with Crippen molar-refractivity contribution in [2.24, 2.45) is 5.92 Å². The zero-order chi connectivity index (χ0) is 12.9. The molecular weight excluding hydrogens is 227 g/mol. The summed E-state index contributed by atoms with van der Waals surface area (Å²) in [5.74, 6) is -3.81. The number of ether oxygens (including phenoxy) is 1. The predicted octanol–water partition coefficient (Wildman–Crippen LogP) is 1.03. The summed E-state index contributed by atoms with van der Waals surface area (Å²) in [6.45, 7) is 4.76. The number of carbonyl (C=O) groups is 2. The Morgan fingerprint density at radius 1 is 1.44 bits per heavy atom. The minimum absolute atomic E-state index is 0.668. The molecule has 16 heavy (non-hydrogen) atoms. The van der Waals surface area contributed by atoms with Crippen LogP contribution in [0.15, 0.2) is 12.7 Å². The molecule has 0 radical (unpaired) electrons. The lowest BCUT2D eigenvalue weighted by molar-refractivity contribution is -0.176. The number of rotatable bonds is 4. The van der Waals surface area contributed by atoms with Crippen LogP contribution in [0, 0.1) is 5.92 Å². The van der Waals surface area contributed by atoms with Gasteiger partial charge in [0.25, 0.3) is 0 Å². The molecule has 92 valence electrons.